The average Bonchev–Trinajstić information content (AvgIpc) is 2.63. The third kappa shape index (κ3) is 1.38. The van der Waals surface area contributed by atoms with E-state index in [4.69, 9.17) is 0 Å². The van der Waals surface area contributed by atoms with Gasteiger partial charge in [0.15, 0.2) is 0 Å². The lowest BCUT2D eigenvalue weighted by Crippen LogP contribution is -2.38. The van der Waals surface area contributed by atoms with Crippen LogP contribution < -0.4 is 0 Å². The summed E-state index contributed by atoms with van der Waals surface area (Å²) < 4.78 is 0. The van der Waals surface area contributed by atoms with Crippen LogP contribution in [0.2, 0.25) is 0 Å². The summed E-state index contributed by atoms with van der Waals surface area (Å²) >= 11 is 0. The zero-order chi connectivity index (χ0) is 8.72. The maximum Gasteiger partial charge on any atom is 0.0589 e. The van der Waals surface area contributed by atoms with E-state index >= 15 is 0 Å². The lowest BCUT2D eigenvalue weighted by atomic mass is 10.1. The van der Waals surface area contributed by atoms with Crippen molar-refractivity contribution >= 4 is 0 Å². The van der Waals surface area contributed by atoms with Gasteiger partial charge in [-0.1, -0.05) is 13.8 Å². The first-order valence-corrected chi connectivity index (χ1v) is 5.07. The number of hydrogen-bond donors (Lipinski definition) is 1. The maximum absolute atomic E-state index is 9.20. The zero-order valence-electron chi connectivity index (χ0n) is 8.03. The SMILES string of the molecule is CC(C)CN1CC2CC2C1CO. The molecule has 3 atom stereocenters. The highest BCUT2D eigenvalue weighted by molar-refractivity contribution is 5.03. The van der Waals surface area contributed by atoms with Gasteiger partial charge in [-0.2, -0.15) is 0 Å². The topological polar surface area (TPSA) is 23.5 Å². The molecule has 1 heterocycles. The van der Waals surface area contributed by atoms with Crippen molar-refractivity contribution in [1.29, 1.82) is 0 Å². The number of piperidine rings is 1. The van der Waals surface area contributed by atoms with E-state index in [1.807, 2.05) is 0 Å². The molecule has 1 saturated heterocycles. The fourth-order valence-electron chi connectivity index (χ4n) is 2.59. The van der Waals surface area contributed by atoms with Crippen LogP contribution in [0.3, 0.4) is 0 Å². The van der Waals surface area contributed by atoms with Gasteiger partial charge in [-0.25, -0.2) is 0 Å². The molecule has 0 aromatic rings. The molecule has 0 bridgehead atoms. The second-order valence-electron chi connectivity index (χ2n) is 4.76. The van der Waals surface area contributed by atoms with Crippen molar-refractivity contribution in [3.05, 3.63) is 0 Å². The smallest absolute Gasteiger partial charge is 0.0589 e. The molecule has 2 fully saturated rings. The van der Waals surface area contributed by atoms with Crippen molar-refractivity contribution in [3.63, 3.8) is 0 Å². The second-order valence-corrected chi connectivity index (χ2v) is 4.76. The number of nitrogens with zero attached hydrogens (tertiary/aromatic N) is 1. The Bertz CT molecular complexity index is 169. The van der Waals surface area contributed by atoms with Gasteiger partial charge >= 0.3 is 0 Å². The number of likely N-dealkylation sites (tertiary alicyclic amines) is 1. The van der Waals surface area contributed by atoms with Crippen molar-refractivity contribution in [1.82, 2.24) is 4.90 Å². The van der Waals surface area contributed by atoms with Crippen molar-refractivity contribution in [2.24, 2.45) is 17.8 Å². The standard InChI is InChI=1S/C10H19NO/c1-7(2)4-11-5-8-3-9(8)10(11)6-12/h7-10,12H,3-6H2,1-2H3. The van der Waals surface area contributed by atoms with Crippen LogP contribution in [0.25, 0.3) is 0 Å². The highest BCUT2D eigenvalue weighted by Gasteiger charge is 2.51. The van der Waals surface area contributed by atoms with Gasteiger partial charge in [-0.15, -0.1) is 0 Å². The molecule has 70 valence electrons. The highest BCUT2D eigenvalue weighted by atomic mass is 16.3. The van der Waals surface area contributed by atoms with Gasteiger partial charge in [0.1, 0.15) is 0 Å². The Morgan fingerprint density at radius 2 is 2.25 bits per heavy atom. The minimum Gasteiger partial charge on any atom is -0.395 e. The molecular weight excluding hydrogens is 150 g/mol. The summed E-state index contributed by atoms with van der Waals surface area (Å²) in [4.78, 5) is 2.48. The van der Waals surface area contributed by atoms with E-state index < -0.39 is 0 Å². The summed E-state index contributed by atoms with van der Waals surface area (Å²) in [6.07, 6.45) is 1.37. The Balaban J connectivity index is 1.89. The molecule has 0 spiro atoms. The van der Waals surface area contributed by atoms with E-state index in [0.717, 1.165) is 24.3 Å². The number of aliphatic hydroxyl groups is 1. The summed E-state index contributed by atoms with van der Waals surface area (Å²) in [5.41, 5.74) is 0. The largest absolute Gasteiger partial charge is 0.395 e. The highest BCUT2D eigenvalue weighted by Crippen LogP contribution is 2.49. The fraction of sp³-hybridized carbons (Fsp3) is 1.00. The Kier molecular flexibility index (Phi) is 2.13. The van der Waals surface area contributed by atoms with Crippen LogP contribution >= 0.6 is 0 Å². The van der Waals surface area contributed by atoms with Crippen LogP contribution in [0.5, 0.6) is 0 Å². The lowest BCUT2D eigenvalue weighted by molar-refractivity contribution is 0.126. The second kappa shape index (κ2) is 3.00. The lowest BCUT2D eigenvalue weighted by Gasteiger charge is -2.27. The van der Waals surface area contributed by atoms with E-state index in [1.165, 1.54) is 13.0 Å². The molecule has 1 saturated carbocycles. The van der Waals surface area contributed by atoms with E-state index in [2.05, 4.69) is 18.7 Å². The van der Waals surface area contributed by atoms with Gasteiger partial charge in [0.25, 0.3) is 0 Å². The predicted molar refractivity (Wildman–Crippen MR) is 48.9 cm³/mol. The molecule has 2 heteroatoms. The van der Waals surface area contributed by atoms with E-state index in [0.29, 0.717) is 12.6 Å². The molecule has 0 aromatic carbocycles. The zero-order valence-corrected chi connectivity index (χ0v) is 8.03. The van der Waals surface area contributed by atoms with Crippen molar-refractivity contribution in [2.75, 3.05) is 19.7 Å². The fourth-order valence-corrected chi connectivity index (χ4v) is 2.59. The van der Waals surface area contributed by atoms with E-state index in [9.17, 15) is 5.11 Å². The van der Waals surface area contributed by atoms with E-state index in [1.54, 1.807) is 0 Å². The van der Waals surface area contributed by atoms with Crippen molar-refractivity contribution < 1.29 is 5.11 Å². The van der Waals surface area contributed by atoms with Crippen LogP contribution in [0, 0.1) is 17.8 Å². The number of hydrogen-bond acceptors (Lipinski definition) is 2. The van der Waals surface area contributed by atoms with Gasteiger partial charge in [0.2, 0.25) is 0 Å². The Hall–Kier alpha value is -0.0800. The summed E-state index contributed by atoms with van der Waals surface area (Å²) in [6.45, 7) is 7.27. The minimum absolute atomic E-state index is 0.369. The van der Waals surface area contributed by atoms with Crippen LogP contribution in [0.1, 0.15) is 20.3 Å². The van der Waals surface area contributed by atoms with Crippen LogP contribution in [-0.2, 0) is 0 Å². The summed E-state index contributed by atoms with van der Waals surface area (Å²) in [6, 6.07) is 0.498. The number of fused-ring (bicyclic) bond motifs is 1. The summed E-state index contributed by atoms with van der Waals surface area (Å²) in [5, 5.41) is 9.20. The van der Waals surface area contributed by atoms with Gasteiger partial charge in [0, 0.05) is 19.1 Å². The first kappa shape index (κ1) is 8.52. The van der Waals surface area contributed by atoms with Crippen molar-refractivity contribution in [2.45, 2.75) is 26.3 Å². The first-order chi connectivity index (χ1) is 5.72. The molecule has 1 aliphatic heterocycles. The number of rotatable bonds is 3. The van der Waals surface area contributed by atoms with Gasteiger partial charge in [-0.05, 0) is 24.2 Å². The molecule has 3 unspecified atom stereocenters. The quantitative estimate of drug-likeness (QED) is 0.680. The van der Waals surface area contributed by atoms with Crippen LogP contribution in [0.4, 0.5) is 0 Å². The molecule has 2 aliphatic rings. The Morgan fingerprint density at radius 1 is 1.50 bits per heavy atom. The normalized spacial score (nSPS) is 40.5. The molecule has 0 aromatic heterocycles. The van der Waals surface area contributed by atoms with Gasteiger partial charge < -0.3 is 5.11 Å². The molecule has 2 nitrogen and oxygen atoms in total. The Labute approximate surface area is 74.6 Å². The monoisotopic (exact) mass is 169 g/mol. The molecule has 1 aliphatic carbocycles. The minimum atomic E-state index is 0.369. The molecule has 12 heavy (non-hydrogen) atoms. The summed E-state index contributed by atoms with van der Waals surface area (Å²) in [7, 11) is 0. The van der Waals surface area contributed by atoms with Gasteiger partial charge in [0.05, 0.1) is 6.61 Å². The average molecular weight is 169 g/mol. The third-order valence-electron chi connectivity index (χ3n) is 3.20. The summed E-state index contributed by atoms with van der Waals surface area (Å²) in [5.74, 6) is 2.51. The third-order valence-corrected chi connectivity index (χ3v) is 3.20. The molecular formula is C10H19NO. The number of aliphatic hydroxyl groups excluding tert-OH is 1. The van der Waals surface area contributed by atoms with Gasteiger partial charge in [-0.3, -0.25) is 4.90 Å². The first-order valence-electron chi connectivity index (χ1n) is 5.07. The van der Waals surface area contributed by atoms with Crippen LogP contribution in [-0.4, -0.2) is 35.7 Å². The molecule has 2 rings (SSSR count). The predicted octanol–water partition coefficient (Wildman–Crippen LogP) is 0.955. The van der Waals surface area contributed by atoms with E-state index in [-0.39, 0.29) is 0 Å². The maximum atomic E-state index is 9.20. The molecule has 0 amide bonds. The van der Waals surface area contributed by atoms with Crippen LogP contribution in [0.15, 0.2) is 0 Å². The Morgan fingerprint density at radius 3 is 2.83 bits per heavy atom. The molecule has 1 N–H and O–H groups in total. The molecule has 0 radical (unpaired) electrons. The van der Waals surface area contributed by atoms with Crippen molar-refractivity contribution in [3.8, 4) is 0 Å².